The highest BCUT2D eigenvalue weighted by molar-refractivity contribution is 7.89. The van der Waals surface area contributed by atoms with E-state index in [1.807, 2.05) is 14.1 Å². The Balaban J connectivity index is 2.03. The van der Waals surface area contributed by atoms with Crippen LogP contribution < -0.4 is 10.0 Å². The van der Waals surface area contributed by atoms with Crippen LogP contribution >= 0.6 is 0 Å². The molecule has 6 nitrogen and oxygen atoms in total. The largest absolute Gasteiger partial charge is 0.351 e. The van der Waals surface area contributed by atoms with Gasteiger partial charge in [0.05, 0.1) is 4.90 Å². The Morgan fingerprint density at radius 1 is 1.29 bits per heavy atom. The molecule has 1 saturated carbocycles. The molecule has 1 fully saturated rings. The second-order valence-electron chi connectivity index (χ2n) is 7.51. The predicted molar refractivity (Wildman–Crippen MR) is 94.5 cm³/mol. The average molecular weight is 353 g/mol. The van der Waals surface area contributed by atoms with Crippen molar-refractivity contribution in [1.29, 1.82) is 0 Å². The molecule has 0 spiro atoms. The fourth-order valence-electron chi connectivity index (χ4n) is 2.63. The molecule has 0 bridgehead atoms. The summed E-state index contributed by atoms with van der Waals surface area (Å²) in [5.74, 6) is -0.259. The smallest absolute Gasteiger partial charge is 0.251 e. The van der Waals surface area contributed by atoms with Gasteiger partial charge in [0.2, 0.25) is 10.0 Å². The quantitative estimate of drug-likeness (QED) is 0.741. The maximum absolute atomic E-state index is 12.4. The van der Waals surface area contributed by atoms with Crippen molar-refractivity contribution in [2.45, 2.75) is 37.6 Å². The van der Waals surface area contributed by atoms with E-state index >= 15 is 0 Å². The van der Waals surface area contributed by atoms with E-state index in [0.717, 1.165) is 19.4 Å². The van der Waals surface area contributed by atoms with Gasteiger partial charge >= 0.3 is 0 Å². The van der Waals surface area contributed by atoms with E-state index in [4.69, 9.17) is 0 Å². The number of carbonyl (C=O) groups excluding carboxylic acids is 1. The summed E-state index contributed by atoms with van der Waals surface area (Å²) < 4.78 is 27.1. The molecule has 0 unspecified atom stereocenters. The Morgan fingerprint density at radius 2 is 1.96 bits per heavy atom. The van der Waals surface area contributed by atoms with Gasteiger partial charge in [-0.05, 0) is 50.6 Å². The van der Waals surface area contributed by atoms with Crippen LogP contribution in [0, 0.1) is 5.41 Å². The molecule has 134 valence electrons. The SMILES string of the molecule is CN(C)CC(C)(C)CNC(=O)c1cccc(S(=O)(=O)NC2CC2)c1. The number of benzene rings is 1. The van der Waals surface area contributed by atoms with Crippen molar-refractivity contribution < 1.29 is 13.2 Å². The van der Waals surface area contributed by atoms with E-state index in [1.165, 1.54) is 12.1 Å². The monoisotopic (exact) mass is 353 g/mol. The third-order valence-electron chi connectivity index (χ3n) is 3.78. The van der Waals surface area contributed by atoms with E-state index in [-0.39, 0.29) is 22.3 Å². The summed E-state index contributed by atoms with van der Waals surface area (Å²) >= 11 is 0. The summed E-state index contributed by atoms with van der Waals surface area (Å²) in [6.07, 6.45) is 1.75. The van der Waals surface area contributed by atoms with Crippen LogP contribution in [0.25, 0.3) is 0 Å². The zero-order chi connectivity index (χ0) is 18.0. The van der Waals surface area contributed by atoms with E-state index in [9.17, 15) is 13.2 Å². The summed E-state index contributed by atoms with van der Waals surface area (Å²) in [5, 5.41) is 2.90. The average Bonchev–Trinajstić information content (AvgIpc) is 3.27. The Bertz CT molecular complexity index is 695. The molecular formula is C17H27N3O3S. The van der Waals surface area contributed by atoms with Crippen LogP contribution in [0.5, 0.6) is 0 Å². The van der Waals surface area contributed by atoms with Gasteiger partial charge in [0.1, 0.15) is 0 Å². The first-order valence-corrected chi connectivity index (χ1v) is 9.63. The van der Waals surface area contributed by atoms with Crippen LogP contribution in [0.2, 0.25) is 0 Å². The lowest BCUT2D eigenvalue weighted by atomic mass is 9.93. The molecule has 0 aromatic heterocycles. The summed E-state index contributed by atoms with van der Waals surface area (Å²) in [4.78, 5) is 14.6. The number of hydrogen-bond donors (Lipinski definition) is 2. The normalized spacial score (nSPS) is 15.5. The Morgan fingerprint density at radius 3 is 2.54 bits per heavy atom. The number of amides is 1. The minimum Gasteiger partial charge on any atom is -0.351 e. The van der Waals surface area contributed by atoms with E-state index in [1.54, 1.807) is 12.1 Å². The van der Waals surface area contributed by atoms with Crippen LogP contribution in [-0.4, -0.2) is 52.5 Å². The second-order valence-corrected chi connectivity index (χ2v) is 9.22. The van der Waals surface area contributed by atoms with Crippen molar-refractivity contribution in [3.05, 3.63) is 29.8 Å². The van der Waals surface area contributed by atoms with Crippen LogP contribution in [0.15, 0.2) is 29.2 Å². The zero-order valence-electron chi connectivity index (χ0n) is 14.8. The van der Waals surface area contributed by atoms with Gasteiger partial charge in [0, 0.05) is 24.7 Å². The second kappa shape index (κ2) is 7.21. The Hall–Kier alpha value is -1.44. The van der Waals surface area contributed by atoms with Crippen LogP contribution in [-0.2, 0) is 10.0 Å². The summed E-state index contributed by atoms with van der Waals surface area (Å²) in [5.41, 5.74) is 0.283. The maximum Gasteiger partial charge on any atom is 0.251 e. The highest BCUT2D eigenvalue weighted by atomic mass is 32.2. The molecule has 0 radical (unpaired) electrons. The summed E-state index contributed by atoms with van der Waals surface area (Å²) in [7, 11) is 0.433. The number of carbonyl (C=O) groups is 1. The third kappa shape index (κ3) is 5.58. The molecule has 0 aliphatic heterocycles. The highest BCUT2D eigenvalue weighted by Gasteiger charge is 2.28. The van der Waals surface area contributed by atoms with Gasteiger partial charge in [-0.3, -0.25) is 4.79 Å². The lowest BCUT2D eigenvalue weighted by molar-refractivity contribution is 0.0929. The highest BCUT2D eigenvalue weighted by Crippen LogP contribution is 2.22. The number of rotatable bonds is 8. The standard InChI is InChI=1S/C17H27N3O3S/c1-17(2,12-20(3)4)11-18-16(21)13-6-5-7-15(10-13)24(22,23)19-14-8-9-14/h5-7,10,14,19H,8-9,11-12H2,1-4H3,(H,18,21). The summed E-state index contributed by atoms with van der Waals surface area (Å²) in [6, 6.07) is 6.21. The summed E-state index contributed by atoms with van der Waals surface area (Å²) in [6.45, 7) is 5.51. The molecular weight excluding hydrogens is 326 g/mol. The topological polar surface area (TPSA) is 78.5 Å². The molecule has 0 atom stereocenters. The maximum atomic E-state index is 12.4. The van der Waals surface area contributed by atoms with Gasteiger partial charge in [-0.15, -0.1) is 0 Å². The van der Waals surface area contributed by atoms with Gasteiger partial charge in [-0.25, -0.2) is 13.1 Å². The van der Waals surface area contributed by atoms with Crippen molar-refractivity contribution in [2.75, 3.05) is 27.2 Å². The minimum absolute atomic E-state index is 0.0410. The molecule has 1 amide bonds. The fourth-order valence-corrected chi connectivity index (χ4v) is 3.98. The molecule has 7 heteroatoms. The van der Waals surface area contributed by atoms with E-state index in [2.05, 4.69) is 28.8 Å². The van der Waals surface area contributed by atoms with Crippen molar-refractivity contribution in [1.82, 2.24) is 14.9 Å². The van der Waals surface area contributed by atoms with E-state index in [0.29, 0.717) is 12.1 Å². The predicted octanol–water partition coefficient (Wildman–Crippen LogP) is 1.44. The fraction of sp³-hybridized carbons (Fsp3) is 0.588. The van der Waals surface area contributed by atoms with Gasteiger partial charge in [-0.2, -0.15) is 0 Å². The van der Waals surface area contributed by atoms with Crippen LogP contribution in [0.3, 0.4) is 0 Å². The van der Waals surface area contributed by atoms with Crippen LogP contribution in [0.4, 0.5) is 0 Å². The Labute approximate surface area is 144 Å². The molecule has 1 aromatic carbocycles. The number of sulfonamides is 1. The lowest BCUT2D eigenvalue weighted by Gasteiger charge is -2.28. The molecule has 1 aromatic rings. The van der Waals surface area contributed by atoms with Crippen LogP contribution in [0.1, 0.15) is 37.0 Å². The molecule has 1 aliphatic rings. The lowest BCUT2D eigenvalue weighted by Crippen LogP contribution is -2.40. The number of hydrogen-bond acceptors (Lipinski definition) is 4. The molecule has 1 aliphatic carbocycles. The van der Waals surface area contributed by atoms with Gasteiger partial charge in [0.15, 0.2) is 0 Å². The van der Waals surface area contributed by atoms with Crippen molar-refractivity contribution in [3.8, 4) is 0 Å². The van der Waals surface area contributed by atoms with Gasteiger partial charge in [-0.1, -0.05) is 19.9 Å². The first kappa shape index (κ1) is 18.9. The zero-order valence-corrected chi connectivity index (χ0v) is 15.6. The van der Waals surface area contributed by atoms with E-state index < -0.39 is 10.0 Å². The number of nitrogens with one attached hydrogen (secondary N) is 2. The third-order valence-corrected chi connectivity index (χ3v) is 5.30. The molecule has 0 heterocycles. The Kier molecular flexibility index (Phi) is 5.67. The molecule has 2 rings (SSSR count). The minimum atomic E-state index is -3.55. The number of nitrogens with zero attached hydrogens (tertiary/aromatic N) is 1. The first-order chi connectivity index (χ1) is 11.1. The first-order valence-electron chi connectivity index (χ1n) is 8.14. The van der Waals surface area contributed by atoms with Gasteiger partial charge < -0.3 is 10.2 Å². The molecule has 0 saturated heterocycles. The van der Waals surface area contributed by atoms with Crippen molar-refractivity contribution in [3.63, 3.8) is 0 Å². The van der Waals surface area contributed by atoms with Gasteiger partial charge in [0.25, 0.3) is 5.91 Å². The van der Waals surface area contributed by atoms with Crippen molar-refractivity contribution in [2.24, 2.45) is 5.41 Å². The van der Waals surface area contributed by atoms with Crippen molar-refractivity contribution >= 4 is 15.9 Å². The molecule has 24 heavy (non-hydrogen) atoms. The molecule has 2 N–H and O–H groups in total.